The van der Waals surface area contributed by atoms with Crippen LogP contribution in [-0.4, -0.2) is 50.4 Å². The molecular weight excluding hydrogens is 376 g/mol. The Labute approximate surface area is 171 Å². The van der Waals surface area contributed by atoms with Gasteiger partial charge in [0.15, 0.2) is 5.78 Å². The van der Waals surface area contributed by atoms with E-state index in [1.165, 1.54) is 0 Å². The first-order valence-corrected chi connectivity index (χ1v) is 9.57. The topological polar surface area (TPSA) is 123 Å². The average Bonchev–Trinajstić information content (AvgIpc) is 2.66. The summed E-state index contributed by atoms with van der Waals surface area (Å²) in [5.41, 5.74) is 9.28. The number of azide groups is 1. The second kappa shape index (κ2) is 13.5. The lowest BCUT2D eigenvalue weighted by Gasteiger charge is -2.19. The summed E-state index contributed by atoms with van der Waals surface area (Å²) in [4.78, 5) is 26.2. The fourth-order valence-electron chi connectivity index (χ4n) is 2.25. The minimum atomic E-state index is -0.517. The summed E-state index contributed by atoms with van der Waals surface area (Å²) >= 11 is 0. The number of hydrogen-bond acceptors (Lipinski definition) is 6. The molecule has 0 atom stereocenters. The lowest BCUT2D eigenvalue weighted by molar-refractivity contribution is 0.0389. The van der Waals surface area contributed by atoms with Gasteiger partial charge in [0.2, 0.25) is 0 Å². The summed E-state index contributed by atoms with van der Waals surface area (Å²) in [5, 5.41) is 6.09. The molecule has 1 aromatic rings. The fraction of sp³-hybridized carbons (Fsp3) is 0.600. The summed E-state index contributed by atoms with van der Waals surface area (Å²) in [7, 11) is 0. The average molecular weight is 406 g/mol. The maximum Gasteiger partial charge on any atom is 0.407 e. The Morgan fingerprint density at radius 1 is 1.07 bits per heavy atom. The minimum absolute atomic E-state index is 0.0494. The van der Waals surface area contributed by atoms with Crippen molar-refractivity contribution in [2.45, 2.75) is 45.8 Å². The largest absolute Gasteiger partial charge is 0.444 e. The van der Waals surface area contributed by atoms with Crippen molar-refractivity contribution in [2.75, 3.05) is 33.0 Å². The maximum atomic E-state index is 12.1. The molecule has 0 unspecified atom stereocenters. The zero-order valence-corrected chi connectivity index (χ0v) is 17.3. The lowest BCUT2D eigenvalue weighted by Crippen LogP contribution is -2.34. The van der Waals surface area contributed by atoms with Gasteiger partial charge in [-0.25, -0.2) is 4.79 Å². The van der Waals surface area contributed by atoms with E-state index in [0.717, 1.165) is 5.56 Å². The van der Waals surface area contributed by atoms with Crippen molar-refractivity contribution in [2.24, 2.45) is 5.11 Å². The van der Waals surface area contributed by atoms with Gasteiger partial charge in [0.1, 0.15) is 5.60 Å². The van der Waals surface area contributed by atoms with E-state index < -0.39 is 11.7 Å². The molecule has 1 amide bonds. The van der Waals surface area contributed by atoms with E-state index in [-0.39, 0.29) is 12.3 Å². The number of hydrogen-bond donors (Lipinski definition) is 1. The number of carbonyl (C=O) groups excluding carboxylic acids is 2. The quantitative estimate of drug-likeness (QED) is 0.174. The number of ketones is 1. The third-order valence-corrected chi connectivity index (χ3v) is 3.57. The second-order valence-corrected chi connectivity index (χ2v) is 7.27. The first kappa shape index (κ1) is 24.4. The van der Waals surface area contributed by atoms with E-state index >= 15 is 0 Å². The first-order chi connectivity index (χ1) is 13.8. The van der Waals surface area contributed by atoms with Crippen molar-refractivity contribution < 1.29 is 23.8 Å². The third-order valence-electron chi connectivity index (χ3n) is 3.57. The van der Waals surface area contributed by atoms with Crippen molar-refractivity contribution in [1.82, 2.24) is 5.32 Å². The predicted octanol–water partition coefficient (Wildman–Crippen LogP) is 4.02. The van der Waals surface area contributed by atoms with Crippen molar-refractivity contribution >= 4 is 11.9 Å². The van der Waals surface area contributed by atoms with Crippen LogP contribution in [0.15, 0.2) is 29.4 Å². The van der Waals surface area contributed by atoms with E-state index in [2.05, 4.69) is 15.3 Å². The van der Waals surface area contributed by atoms with Gasteiger partial charge in [-0.3, -0.25) is 4.79 Å². The number of nitrogens with one attached hydrogen (secondary N) is 1. The van der Waals surface area contributed by atoms with Gasteiger partial charge in [0.05, 0.1) is 26.4 Å². The van der Waals surface area contributed by atoms with Gasteiger partial charge >= 0.3 is 6.09 Å². The van der Waals surface area contributed by atoms with Gasteiger partial charge in [0.25, 0.3) is 0 Å². The Morgan fingerprint density at radius 2 is 1.72 bits per heavy atom. The van der Waals surface area contributed by atoms with E-state index in [9.17, 15) is 9.59 Å². The summed E-state index contributed by atoms with van der Waals surface area (Å²) in [6, 6.07) is 7.05. The van der Waals surface area contributed by atoms with E-state index in [4.69, 9.17) is 19.7 Å². The van der Waals surface area contributed by atoms with Crippen LogP contribution >= 0.6 is 0 Å². The van der Waals surface area contributed by atoms with Crippen LogP contribution in [0.25, 0.3) is 10.4 Å². The smallest absolute Gasteiger partial charge is 0.407 e. The molecule has 0 aliphatic carbocycles. The van der Waals surface area contributed by atoms with Crippen LogP contribution in [0.1, 0.15) is 49.5 Å². The van der Waals surface area contributed by atoms with Crippen molar-refractivity contribution in [3.63, 3.8) is 0 Å². The Balaban J connectivity index is 2.02. The van der Waals surface area contributed by atoms with E-state index in [1.54, 1.807) is 45.0 Å². The molecule has 0 saturated carbocycles. The number of amides is 1. The van der Waals surface area contributed by atoms with Crippen LogP contribution in [0.2, 0.25) is 0 Å². The lowest BCUT2D eigenvalue weighted by atomic mass is 10.0. The van der Waals surface area contributed by atoms with Crippen LogP contribution in [0.4, 0.5) is 4.79 Å². The Bertz CT molecular complexity index is 679. The molecule has 9 nitrogen and oxygen atoms in total. The van der Waals surface area contributed by atoms with E-state index in [1.807, 2.05) is 0 Å². The van der Waals surface area contributed by atoms with Gasteiger partial charge in [-0.1, -0.05) is 29.4 Å². The molecular formula is C20H30N4O5. The molecule has 1 rings (SSSR count). The molecule has 0 fully saturated rings. The number of alkyl carbamates (subject to hydrolysis) is 1. The molecule has 0 aliphatic heterocycles. The molecule has 0 aromatic heterocycles. The molecule has 0 heterocycles. The second-order valence-electron chi connectivity index (χ2n) is 7.27. The highest BCUT2D eigenvalue weighted by Crippen LogP contribution is 2.09. The van der Waals surface area contributed by atoms with Crippen molar-refractivity contribution in [3.05, 3.63) is 45.8 Å². The van der Waals surface area contributed by atoms with Crippen LogP contribution in [0.5, 0.6) is 0 Å². The van der Waals surface area contributed by atoms with Crippen LogP contribution in [-0.2, 0) is 20.8 Å². The zero-order valence-electron chi connectivity index (χ0n) is 17.3. The maximum absolute atomic E-state index is 12.1. The molecule has 9 heteroatoms. The standard InChI is InChI=1S/C20H30N4O5/c1-20(2,3)29-19(26)22-10-12-28-14-13-27-11-4-5-18(25)17-8-6-16(7-9-17)15-23-24-21/h6-9H,4-5,10-15H2,1-3H3,(H,22,26). The summed E-state index contributed by atoms with van der Waals surface area (Å²) < 4.78 is 15.9. The highest BCUT2D eigenvalue weighted by molar-refractivity contribution is 5.96. The van der Waals surface area contributed by atoms with Crippen LogP contribution < -0.4 is 5.32 Å². The predicted molar refractivity (Wildman–Crippen MR) is 109 cm³/mol. The zero-order chi connectivity index (χ0) is 21.5. The highest BCUT2D eigenvalue weighted by atomic mass is 16.6. The summed E-state index contributed by atoms with van der Waals surface area (Å²) in [6.45, 7) is 7.74. The number of nitrogens with zero attached hydrogens (tertiary/aromatic N) is 3. The molecule has 0 aliphatic rings. The van der Waals surface area contributed by atoms with Gasteiger partial charge in [0, 0.05) is 30.0 Å². The summed E-state index contributed by atoms with van der Waals surface area (Å²) in [6.07, 6.45) is 0.558. The monoisotopic (exact) mass is 406 g/mol. The first-order valence-electron chi connectivity index (χ1n) is 9.57. The number of ether oxygens (including phenoxy) is 3. The van der Waals surface area contributed by atoms with Gasteiger partial charge in [-0.05, 0) is 38.3 Å². The summed E-state index contributed by atoms with van der Waals surface area (Å²) in [5.74, 6) is 0.0494. The third kappa shape index (κ3) is 12.5. The molecule has 0 radical (unpaired) electrons. The molecule has 29 heavy (non-hydrogen) atoms. The van der Waals surface area contributed by atoms with Crippen LogP contribution in [0, 0.1) is 0 Å². The molecule has 1 N–H and O–H groups in total. The van der Waals surface area contributed by atoms with Gasteiger partial charge < -0.3 is 19.5 Å². The van der Waals surface area contributed by atoms with E-state index in [0.29, 0.717) is 51.4 Å². The Morgan fingerprint density at radius 3 is 2.34 bits per heavy atom. The molecule has 160 valence electrons. The van der Waals surface area contributed by atoms with Crippen molar-refractivity contribution in [1.29, 1.82) is 0 Å². The number of Topliss-reactive ketones (excluding diaryl/α,β-unsaturated/α-hetero) is 1. The fourth-order valence-corrected chi connectivity index (χ4v) is 2.25. The number of benzene rings is 1. The Kier molecular flexibility index (Phi) is 11.4. The van der Waals surface area contributed by atoms with Gasteiger partial charge in [-0.2, -0.15) is 0 Å². The minimum Gasteiger partial charge on any atom is -0.444 e. The SMILES string of the molecule is CC(C)(C)OC(=O)NCCOCCOCCCC(=O)c1ccc(CN=[N+]=[N-])cc1. The molecule has 1 aromatic carbocycles. The number of carbonyl (C=O) groups is 2. The Hall–Kier alpha value is -2.61. The molecule has 0 spiro atoms. The van der Waals surface area contributed by atoms with Crippen LogP contribution in [0.3, 0.4) is 0 Å². The normalized spacial score (nSPS) is 10.9. The van der Waals surface area contributed by atoms with Crippen molar-refractivity contribution in [3.8, 4) is 0 Å². The molecule has 0 bridgehead atoms. The number of rotatable bonds is 13. The van der Waals surface area contributed by atoms with Gasteiger partial charge in [-0.15, -0.1) is 0 Å². The molecule has 0 saturated heterocycles. The highest BCUT2D eigenvalue weighted by Gasteiger charge is 2.15.